The Morgan fingerprint density at radius 3 is 2.61 bits per heavy atom. The molecule has 0 unspecified atom stereocenters. The van der Waals surface area contributed by atoms with Gasteiger partial charge in [0.05, 0.1) is 0 Å². The highest BCUT2D eigenvalue weighted by atomic mass is 79.9. The summed E-state index contributed by atoms with van der Waals surface area (Å²) in [6, 6.07) is 8.46. The minimum absolute atomic E-state index is 0.966. The number of rotatable bonds is 5. The van der Waals surface area contributed by atoms with E-state index in [1.54, 1.807) is 0 Å². The van der Waals surface area contributed by atoms with Gasteiger partial charge in [0.1, 0.15) is 0 Å². The second-order valence-corrected chi connectivity index (χ2v) is 6.54. The number of benzene rings is 1. The Bertz CT molecular complexity index is 356. The molecule has 1 fully saturated rings. The average Bonchev–Trinajstić information content (AvgIpc) is 2.39. The standard InChI is InChI=1S/C16H24BrN/c1-13-6-8-14(9-7-13)10-11-18-12-15-4-2-3-5-16(15)17/h2-5,13-14,18H,6-12H2,1H3. The maximum Gasteiger partial charge on any atom is 0.0220 e. The average molecular weight is 310 g/mol. The van der Waals surface area contributed by atoms with Crippen LogP contribution in [0.15, 0.2) is 28.7 Å². The molecule has 0 heterocycles. The molecule has 1 nitrogen and oxygen atoms in total. The van der Waals surface area contributed by atoms with Crippen LogP contribution < -0.4 is 5.32 Å². The van der Waals surface area contributed by atoms with Gasteiger partial charge in [-0.25, -0.2) is 0 Å². The molecule has 1 saturated carbocycles. The quantitative estimate of drug-likeness (QED) is 0.774. The van der Waals surface area contributed by atoms with Crippen molar-refractivity contribution in [2.75, 3.05) is 6.54 Å². The van der Waals surface area contributed by atoms with Crippen LogP contribution in [0.5, 0.6) is 0 Å². The molecule has 0 atom stereocenters. The molecule has 18 heavy (non-hydrogen) atoms. The molecular weight excluding hydrogens is 286 g/mol. The Labute approximate surface area is 119 Å². The zero-order chi connectivity index (χ0) is 12.8. The number of nitrogens with one attached hydrogen (secondary N) is 1. The summed E-state index contributed by atoms with van der Waals surface area (Å²) in [5.41, 5.74) is 1.36. The molecule has 0 amide bonds. The molecule has 0 radical (unpaired) electrons. The summed E-state index contributed by atoms with van der Waals surface area (Å²) in [6.45, 7) is 4.52. The van der Waals surface area contributed by atoms with E-state index in [-0.39, 0.29) is 0 Å². The van der Waals surface area contributed by atoms with E-state index < -0.39 is 0 Å². The monoisotopic (exact) mass is 309 g/mol. The molecule has 1 aliphatic carbocycles. The minimum atomic E-state index is 0.966. The highest BCUT2D eigenvalue weighted by Gasteiger charge is 2.17. The van der Waals surface area contributed by atoms with Gasteiger partial charge < -0.3 is 5.32 Å². The molecule has 0 aromatic heterocycles. The lowest BCUT2D eigenvalue weighted by Crippen LogP contribution is -2.20. The molecule has 1 aliphatic rings. The van der Waals surface area contributed by atoms with Gasteiger partial charge in [-0.3, -0.25) is 0 Å². The number of hydrogen-bond donors (Lipinski definition) is 1. The van der Waals surface area contributed by atoms with Crippen molar-refractivity contribution < 1.29 is 0 Å². The molecule has 0 saturated heterocycles. The van der Waals surface area contributed by atoms with Gasteiger partial charge >= 0.3 is 0 Å². The van der Waals surface area contributed by atoms with Crippen LogP contribution in [-0.2, 0) is 6.54 Å². The van der Waals surface area contributed by atoms with Gasteiger partial charge in [-0.1, -0.05) is 66.7 Å². The molecule has 1 aromatic carbocycles. The lowest BCUT2D eigenvalue weighted by Gasteiger charge is -2.26. The van der Waals surface area contributed by atoms with E-state index in [9.17, 15) is 0 Å². The molecule has 1 aromatic rings. The summed E-state index contributed by atoms with van der Waals surface area (Å²) in [5, 5.41) is 3.57. The Morgan fingerprint density at radius 1 is 1.17 bits per heavy atom. The Kier molecular flexibility index (Phi) is 5.71. The van der Waals surface area contributed by atoms with Crippen molar-refractivity contribution in [3.05, 3.63) is 34.3 Å². The third kappa shape index (κ3) is 4.40. The third-order valence-corrected chi connectivity index (χ3v) is 4.91. The maximum absolute atomic E-state index is 3.59. The van der Waals surface area contributed by atoms with E-state index in [0.717, 1.165) is 24.9 Å². The fourth-order valence-corrected chi connectivity index (χ4v) is 3.21. The minimum Gasteiger partial charge on any atom is -0.313 e. The van der Waals surface area contributed by atoms with Gasteiger partial charge in [0.15, 0.2) is 0 Å². The fourth-order valence-electron chi connectivity index (χ4n) is 2.79. The third-order valence-electron chi connectivity index (χ3n) is 4.14. The maximum atomic E-state index is 3.59. The van der Waals surface area contributed by atoms with E-state index in [4.69, 9.17) is 0 Å². The van der Waals surface area contributed by atoms with Gasteiger partial charge in [-0.05, 0) is 36.4 Å². The van der Waals surface area contributed by atoms with Crippen molar-refractivity contribution in [1.29, 1.82) is 0 Å². The fraction of sp³-hybridized carbons (Fsp3) is 0.625. The summed E-state index contributed by atoms with van der Waals surface area (Å²) in [4.78, 5) is 0. The van der Waals surface area contributed by atoms with E-state index in [0.29, 0.717) is 0 Å². The van der Waals surface area contributed by atoms with Crippen LogP contribution >= 0.6 is 15.9 Å². The van der Waals surface area contributed by atoms with Crippen molar-refractivity contribution in [2.24, 2.45) is 11.8 Å². The van der Waals surface area contributed by atoms with Gasteiger partial charge in [0.25, 0.3) is 0 Å². The first-order chi connectivity index (χ1) is 8.75. The molecule has 2 rings (SSSR count). The Balaban J connectivity index is 1.63. The smallest absolute Gasteiger partial charge is 0.0220 e. The SMILES string of the molecule is CC1CCC(CCNCc2ccccc2Br)CC1. The van der Waals surface area contributed by atoms with Crippen molar-refractivity contribution >= 4 is 15.9 Å². The highest BCUT2D eigenvalue weighted by molar-refractivity contribution is 9.10. The van der Waals surface area contributed by atoms with Gasteiger partial charge in [-0.15, -0.1) is 0 Å². The largest absolute Gasteiger partial charge is 0.313 e. The molecule has 100 valence electrons. The first-order valence-electron chi connectivity index (χ1n) is 7.20. The summed E-state index contributed by atoms with van der Waals surface area (Å²) < 4.78 is 1.21. The molecule has 0 aliphatic heterocycles. The van der Waals surface area contributed by atoms with Crippen LogP contribution in [-0.4, -0.2) is 6.54 Å². The number of halogens is 1. The van der Waals surface area contributed by atoms with Crippen LogP contribution in [0.25, 0.3) is 0 Å². The van der Waals surface area contributed by atoms with Gasteiger partial charge in [0.2, 0.25) is 0 Å². The second kappa shape index (κ2) is 7.30. The molecule has 0 spiro atoms. The van der Waals surface area contributed by atoms with Gasteiger partial charge in [-0.2, -0.15) is 0 Å². The summed E-state index contributed by atoms with van der Waals surface area (Å²) >= 11 is 3.59. The summed E-state index contributed by atoms with van der Waals surface area (Å²) in [6.07, 6.45) is 7.11. The zero-order valence-electron chi connectivity index (χ0n) is 11.3. The zero-order valence-corrected chi connectivity index (χ0v) is 12.9. The van der Waals surface area contributed by atoms with E-state index in [2.05, 4.69) is 52.4 Å². The summed E-state index contributed by atoms with van der Waals surface area (Å²) in [7, 11) is 0. The van der Waals surface area contributed by atoms with Crippen molar-refractivity contribution in [3.8, 4) is 0 Å². The molecule has 1 N–H and O–H groups in total. The van der Waals surface area contributed by atoms with E-state index in [1.165, 1.54) is 42.1 Å². The normalized spacial score (nSPS) is 24.1. The molecule has 2 heteroatoms. The lowest BCUT2D eigenvalue weighted by molar-refractivity contribution is 0.275. The first-order valence-corrected chi connectivity index (χ1v) is 7.99. The molecular formula is C16H24BrN. The Morgan fingerprint density at radius 2 is 1.89 bits per heavy atom. The van der Waals surface area contributed by atoms with Crippen molar-refractivity contribution in [3.63, 3.8) is 0 Å². The van der Waals surface area contributed by atoms with Crippen molar-refractivity contribution in [1.82, 2.24) is 5.32 Å². The van der Waals surface area contributed by atoms with Crippen LogP contribution in [0.2, 0.25) is 0 Å². The highest BCUT2D eigenvalue weighted by Crippen LogP contribution is 2.29. The van der Waals surface area contributed by atoms with E-state index >= 15 is 0 Å². The van der Waals surface area contributed by atoms with Crippen LogP contribution in [0, 0.1) is 11.8 Å². The van der Waals surface area contributed by atoms with Gasteiger partial charge in [0, 0.05) is 11.0 Å². The van der Waals surface area contributed by atoms with Crippen molar-refractivity contribution in [2.45, 2.75) is 45.6 Å². The predicted octanol–water partition coefficient (Wildman–Crippen LogP) is 4.76. The topological polar surface area (TPSA) is 12.0 Å². The van der Waals surface area contributed by atoms with Crippen LogP contribution in [0.4, 0.5) is 0 Å². The second-order valence-electron chi connectivity index (χ2n) is 5.68. The number of hydrogen-bond acceptors (Lipinski definition) is 1. The van der Waals surface area contributed by atoms with E-state index in [1.807, 2.05) is 0 Å². The Hall–Kier alpha value is -0.340. The first kappa shape index (κ1) is 14.1. The lowest BCUT2D eigenvalue weighted by atomic mass is 9.81. The molecule has 0 bridgehead atoms. The predicted molar refractivity (Wildman–Crippen MR) is 81.6 cm³/mol. The summed E-state index contributed by atoms with van der Waals surface area (Å²) in [5.74, 6) is 1.93. The van der Waals surface area contributed by atoms with Crippen LogP contribution in [0.3, 0.4) is 0 Å². The van der Waals surface area contributed by atoms with Crippen LogP contribution in [0.1, 0.15) is 44.6 Å².